The van der Waals surface area contributed by atoms with Gasteiger partial charge in [0.25, 0.3) is 0 Å². The monoisotopic (exact) mass is 331 g/mol. The van der Waals surface area contributed by atoms with Gasteiger partial charge in [-0.25, -0.2) is 0 Å². The van der Waals surface area contributed by atoms with Crippen molar-refractivity contribution in [2.45, 2.75) is 19.3 Å². The van der Waals surface area contributed by atoms with Crippen LogP contribution in [-0.2, 0) is 0 Å². The summed E-state index contributed by atoms with van der Waals surface area (Å²) in [5.74, 6) is 0.767. The molecule has 5 heteroatoms. The zero-order valence-corrected chi connectivity index (χ0v) is 14.1. The summed E-state index contributed by atoms with van der Waals surface area (Å²) >= 11 is 0. The third-order valence-electron chi connectivity index (χ3n) is 4.50. The number of piperidine rings is 1. The van der Waals surface area contributed by atoms with Gasteiger partial charge in [0.1, 0.15) is 0 Å². The van der Waals surface area contributed by atoms with Crippen LogP contribution in [0.1, 0.15) is 30.7 Å². The molecule has 0 N–H and O–H groups in total. The number of tetrazole rings is 1. The predicted molar refractivity (Wildman–Crippen MR) is 98.1 cm³/mol. The lowest BCUT2D eigenvalue weighted by Crippen LogP contribution is -2.25. The fourth-order valence-electron chi connectivity index (χ4n) is 3.21. The number of nitrogens with zero attached hydrogens (tertiary/aromatic N) is 5. The molecule has 0 atom stereocenters. The molecule has 0 aliphatic carbocycles. The van der Waals surface area contributed by atoms with Crippen molar-refractivity contribution >= 4 is 5.57 Å². The van der Waals surface area contributed by atoms with Crippen molar-refractivity contribution in [2.75, 3.05) is 13.1 Å². The number of benzene rings is 2. The number of hydrogen-bond donors (Lipinski definition) is 0. The molecule has 1 fully saturated rings. The summed E-state index contributed by atoms with van der Waals surface area (Å²) in [6.45, 7) is 2.17. The SMILES string of the molecule is C(=C(/c1ccccc1)c1nnnn1-c1ccccc1)/N1CCCCC1. The van der Waals surface area contributed by atoms with E-state index in [1.807, 2.05) is 41.1 Å². The minimum Gasteiger partial charge on any atom is -0.377 e. The van der Waals surface area contributed by atoms with Crippen LogP contribution in [0.3, 0.4) is 0 Å². The van der Waals surface area contributed by atoms with Crippen molar-refractivity contribution in [1.82, 2.24) is 25.1 Å². The van der Waals surface area contributed by atoms with Gasteiger partial charge in [0.2, 0.25) is 0 Å². The number of para-hydroxylation sites is 1. The van der Waals surface area contributed by atoms with Crippen molar-refractivity contribution in [3.63, 3.8) is 0 Å². The Kier molecular flexibility index (Phi) is 4.55. The Labute approximate surface area is 147 Å². The molecule has 0 unspecified atom stereocenters. The van der Waals surface area contributed by atoms with Crippen molar-refractivity contribution < 1.29 is 0 Å². The molecule has 0 bridgehead atoms. The van der Waals surface area contributed by atoms with E-state index in [2.05, 4.69) is 50.9 Å². The number of rotatable bonds is 4. The van der Waals surface area contributed by atoms with E-state index in [-0.39, 0.29) is 0 Å². The maximum atomic E-state index is 4.34. The first-order valence-electron chi connectivity index (χ1n) is 8.77. The highest BCUT2D eigenvalue weighted by Gasteiger charge is 2.17. The zero-order chi connectivity index (χ0) is 16.9. The highest BCUT2D eigenvalue weighted by Crippen LogP contribution is 2.25. The van der Waals surface area contributed by atoms with E-state index >= 15 is 0 Å². The first-order valence-corrected chi connectivity index (χ1v) is 8.77. The summed E-state index contributed by atoms with van der Waals surface area (Å²) in [6, 6.07) is 20.4. The van der Waals surface area contributed by atoms with Crippen LogP contribution in [0.25, 0.3) is 11.3 Å². The lowest BCUT2D eigenvalue weighted by molar-refractivity contribution is 0.310. The van der Waals surface area contributed by atoms with Crippen LogP contribution in [0, 0.1) is 0 Å². The molecule has 3 aromatic rings. The van der Waals surface area contributed by atoms with Gasteiger partial charge in [0.05, 0.1) is 5.69 Å². The summed E-state index contributed by atoms with van der Waals surface area (Å²) in [4.78, 5) is 2.38. The van der Waals surface area contributed by atoms with Crippen LogP contribution < -0.4 is 0 Å². The fourth-order valence-corrected chi connectivity index (χ4v) is 3.21. The average Bonchev–Trinajstić information content (AvgIpc) is 3.18. The number of likely N-dealkylation sites (tertiary alicyclic amines) is 1. The second kappa shape index (κ2) is 7.30. The molecule has 25 heavy (non-hydrogen) atoms. The number of aromatic nitrogens is 4. The molecule has 0 saturated carbocycles. The van der Waals surface area contributed by atoms with Crippen LogP contribution in [0.15, 0.2) is 66.9 Å². The average molecular weight is 331 g/mol. The molecule has 1 saturated heterocycles. The molecule has 2 aromatic carbocycles. The van der Waals surface area contributed by atoms with Gasteiger partial charge >= 0.3 is 0 Å². The minimum atomic E-state index is 0.767. The van der Waals surface area contributed by atoms with E-state index in [1.54, 1.807) is 0 Å². The Hall–Kier alpha value is -2.95. The zero-order valence-electron chi connectivity index (χ0n) is 14.1. The van der Waals surface area contributed by atoms with E-state index in [1.165, 1.54) is 19.3 Å². The molecule has 1 aliphatic rings. The quantitative estimate of drug-likeness (QED) is 0.734. The van der Waals surface area contributed by atoms with Crippen molar-refractivity contribution in [1.29, 1.82) is 0 Å². The largest absolute Gasteiger partial charge is 0.377 e. The number of hydrogen-bond acceptors (Lipinski definition) is 4. The Morgan fingerprint density at radius 3 is 2.24 bits per heavy atom. The molecule has 0 amide bonds. The Bertz CT molecular complexity index is 833. The highest BCUT2D eigenvalue weighted by molar-refractivity contribution is 5.76. The Balaban J connectivity index is 1.80. The Morgan fingerprint density at radius 1 is 0.840 bits per heavy atom. The molecular formula is C20H21N5. The third-order valence-corrected chi connectivity index (χ3v) is 4.50. The molecule has 126 valence electrons. The summed E-state index contributed by atoms with van der Waals surface area (Å²) in [7, 11) is 0. The van der Waals surface area contributed by atoms with Crippen LogP contribution >= 0.6 is 0 Å². The van der Waals surface area contributed by atoms with Crippen LogP contribution in [0.2, 0.25) is 0 Å². The lowest BCUT2D eigenvalue weighted by atomic mass is 10.0. The van der Waals surface area contributed by atoms with Gasteiger partial charge < -0.3 is 4.90 Å². The van der Waals surface area contributed by atoms with Gasteiger partial charge in [0, 0.05) is 24.9 Å². The van der Waals surface area contributed by atoms with E-state index in [4.69, 9.17) is 0 Å². The van der Waals surface area contributed by atoms with Gasteiger partial charge in [0.15, 0.2) is 5.82 Å². The molecule has 0 spiro atoms. The maximum absolute atomic E-state index is 4.34. The topological polar surface area (TPSA) is 46.8 Å². The normalized spacial score (nSPS) is 15.4. The van der Waals surface area contributed by atoms with Gasteiger partial charge in [-0.15, -0.1) is 5.10 Å². The third kappa shape index (κ3) is 3.45. The maximum Gasteiger partial charge on any atom is 0.189 e. The van der Waals surface area contributed by atoms with Crippen molar-refractivity contribution in [3.05, 3.63) is 78.3 Å². The fraction of sp³-hybridized carbons (Fsp3) is 0.250. The summed E-state index contributed by atoms with van der Waals surface area (Å²) in [5.41, 5.74) is 3.14. The highest BCUT2D eigenvalue weighted by atomic mass is 15.5. The van der Waals surface area contributed by atoms with Gasteiger partial charge in [-0.05, 0) is 47.4 Å². The van der Waals surface area contributed by atoms with Gasteiger partial charge in [-0.3, -0.25) is 0 Å². The standard InChI is InChI=1S/C20H21N5/c1-4-10-17(11-5-1)19(16-24-14-8-3-9-15-24)20-21-22-23-25(20)18-12-6-2-7-13-18/h1-2,4-7,10-13,16H,3,8-9,14-15H2/b19-16+. The molecule has 1 aliphatic heterocycles. The minimum absolute atomic E-state index is 0.767. The van der Waals surface area contributed by atoms with Crippen LogP contribution in [0.4, 0.5) is 0 Å². The lowest BCUT2D eigenvalue weighted by Gasteiger charge is -2.26. The second-order valence-corrected chi connectivity index (χ2v) is 6.26. The van der Waals surface area contributed by atoms with Gasteiger partial charge in [-0.2, -0.15) is 4.68 Å². The molecular weight excluding hydrogens is 310 g/mol. The van der Waals surface area contributed by atoms with Crippen molar-refractivity contribution in [3.8, 4) is 5.69 Å². The smallest absolute Gasteiger partial charge is 0.189 e. The summed E-state index contributed by atoms with van der Waals surface area (Å²) in [6.07, 6.45) is 6.01. The predicted octanol–water partition coefficient (Wildman–Crippen LogP) is 3.54. The van der Waals surface area contributed by atoms with Gasteiger partial charge in [-0.1, -0.05) is 48.5 Å². The molecule has 0 radical (unpaired) electrons. The van der Waals surface area contributed by atoms with Crippen molar-refractivity contribution in [2.24, 2.45) is 0 Å². The summed E-state index contributed by atoms with van der Waals surface area (Å²) < 4.78 is 1.81. The molecule has 5 nitrogen and oxygen atoms in total. The van der Waals surface area contributed by atoms with E-state index < -0.39 is 0 Å². The summed E-state index contributed by atoms with van der Waals surface area (Å²) in [5, 5.41) is 12.5. The van der Waals surface area contributed by atoms with E-state index in [9.17, 15) is 0 Å². The molecule has 2 heterocycles. The first kappa shape index (κ1) is 15.6. The van der Waals surface area contributed by atoms with Crippen LogP contribution in [0.5, 0.6) is 0 Å². The van der Waals surface area contributed by atoms with E-state index in [0.717, 1.165) is 35.7 Å². The second-order valence-electron chi connectivity index (χ2n) is 6.26. The first-order chi connectivity index (χ1) is 12.4. The van der Waals surface area contributed by atoms with Crippen LogP contribution in [-0.4, -0.2) is 38.2 Å². The molecule has 4 rings (SSSR count). The molecule has 1 aromatic heterocycles. The van der Waals surface area contributed by atoms with E-state index in [0.29, 0.717) is 0 Å². The Morgan fingerprint density at radius 2 is 1.52 bits per heavy atom.